The number of hydrogen-bond acceptors (Lipinski definition) is 6. The smallest absolute Gasteiger partial charge is 0.387 e. The topological polar surface area (TPSA) is 77.1 Å². The molecule has 0 saturated carbocycles. The lowest BCUT2D eigenvalue weighted by Crippen LogP contribution is -2.36. The molecule has 0 bridgehead atoms. The van der Waals surface area contributed by atoms with Gasteiger partial charge >= 0.3 is 12.6 Å². The van der Waals surface area contributed by atoms with Crippen molar-refractivity contribution >= 4 is 23.3 Å². The van der Waals surface area contributed by atoms with Crippen LogP contribution in [0.15, 0.2) is 48.5 Å². The number of ether oxygens (including phenoxy) is 3. The Labute approximate surface area is 166 Å². The molecule has 1 fully saturated rings. The molecule has 0 aromatic heterocycles. The summed E-state index contributed by atoms with van der Waals surface area (Å²) >= 11 is 0. The number of rotatable bonds is 7. The number of amides is 1. The molecule has 1 aliphatic heterocycles. The van der Waals surface area contributed by atoms with Crippen LogP contribution in [0.3, 0.4) is 0 Å². The second-order valence-corrected chi connectivity index (χ2v) is 6.15. The minimum atomic E-state index is -3.08. The molecule has 0 unspecified atom stereocenters. The van der Waals surface area contributed by atoms with Gasteiger partial charge in [-0.3, -0.25) is 4.79 Å². The Bertz CT molecular complexity index is 839. The summed E-state index contributed by atoms with van der Waals surface area (Å²) in [7, 11) is 0. The highest BCUT2D eigenvalue weighted by atomic mass is 19.3. The van der Waals surface area contributed by atoms with Crippen LogP contribution in [-0.2, 0) is 14.3 Å². The zero-order valence-electron chi connectivity index (χ0n) is 15.5. The number of carbonyl (C=O) groups is 2. The van der Waals surface area contributed by atoms with Gasteiger partial charge in [0.25, 0.3) is 5.91 Å². The molecule has 1 amide bonds. The predicted octanol–water partition coefficient (Wildman–Crippen LogP) is 2.92. The van der Waals surface area contributed by atoms with Crippen molar-refractivity contribution in [3.63, 3.8) is 0 Å². The van der Waals surface area contributed by atoms with E-state index in [1.165, 1.54) is 24.3 Å². The second-order valence-electron chi connectivity index (χ2n) is 6.15. The molecule has 1 saturated heterocycles. The molecule has 2 aromatic rings. The fraction of sp³-hybridized carbons (Fsp3) is 0.300. The van der Waals surface area contributed by atoms with E-state index in [1.54, 1.807) is 12.1 Å². The van der Waals surface area contributed by atoms with E-state index in [-0.39, 0.29) is 11.3 Å². The first-order valence-electron chi connectivity index (χ1n) is 8.96. The van der Waals surface area contributed by atoms with E-state index >= 15 is 0 Å². The van der Waals surface area contributed by atoms with E-state index in [0.29, 0.717) is 18.9 Å². The number of anilines is 2. The van der Waals surface area contributed by atoms with E-state index in [4.69, 9.17) is 9.47 Å². The Morgan fingerprint density at radius 3 is 2.45 bits per heavy atom. The Morgan fingerprint density at radius 2 is 1.76 bits per heavy atom. The fourth-order valence-corrected chi connectivity index (χ4v) is 2.82. The highest BCUT2D eigenvalue weighted by Crippen LogP contribution is 2.21. The van der Waals surface area contributed by atoms with E-state index < -0.39 is 25.1 Å². The summed E-state index contributed by atoms with van der Waals surface area (Å²) in [6, 6.07) is 12.7. The number of nitrogens with zero attached hydrogens (tertiary/aromatic N) is 1. The summed E-state index contributed by atoms with van der Waals surface area (Å²) in [6.45, 7) is -0.679. The normalized spacial score (nSPS) is 13.8. The third kappa shape index (κ3) is 5.89. The maximum absolute atomic E-state index is 12.4. The van der Waals surface area contributed by atoms with Gasteiger partial charge in [-0.15, -0.1) is 0 Å². The lowest BCUT2D eigenvalue weighted by atomic mass is 10.2. The first-order valence-corrected chi connectivity index (χ1v) is 8.96. The lowest BCUT2D eigenvalue weighted by Gasteiger charge is -2.28. The van der Waals surface area contributed by atoms with Crippen molar-refractivity contribution in [2.75, 3.05) is 43.1 Å². The third-order valence-corrected chi connectivity index (χ3v) is 4.18. The van der Waals surface area contributed by atoms with Gasteiger partial charge < -0.3 is 24.4 Å². The van der Waals surface area contributed by atoms with Gasteiger partial charge in [0, 0.05) is 24.5 Å². The highest BCUT2D eigenvalue weighted by Gasteiger charge is 2.18. The Balaban J connectivity index is 1.51. The number of halogens is 2. The molecule has 0 spiro atoms. The van der Waals surface area contributed by atoms with Gasteiger partial charge in [0.2, 0.25) is 0 Å². The molecule has 29 heavy (non-hydrogen) atoms. The van der Waals surface area contributed by atoms with Crippen LogP contribution in [0.1, 0.15) is 10.4 Å². The minimum Gasteiger partial charge on any atom is -0.452 e. The van der Waals surface area contributed by atoms with E-state index in [1.807, 2.05) is 12.1 Å². The van der Waals surface area contributed by atoms with E-state index in [0.717, 1.165) is 18.8 Å². The van der Waals surface area contributed by atoms with Crippen molar-refractivity contribution < 1.29 is 32.6 Å². The number of esters is 1. The van der Waals surface area contributed by atoms with Crippen molar-refractivity contribution in [1.82, 2.24) is 0 Å². The molecule has 2 aromatic carbocycles. The average Bonchev–Trinajstić information content (AvgIpc) is 2.73. The van der Waals surface area contributed by atoms with Crippen LogP contribution in [0.4, 0.5) is 20.2 Å². The van der Waals surface area contributed by atoms with Gasteiger partial charge in [0.15, 0.2) is 6.61 Å². The molecular weight excluding hydrogens is 386 g/mol. The van der Waals surface area contributed by atoms with Gasteiger partial charge in [-0.25, -0.2) is 4.79 Å². The molecule has 7 nitrogen and oxygen atoms in total. The van der Waals surface area contributed by atoms with Crippen LogP contribution in [0.2, 0.25) is 0 Å². The maximum Gasteiger partial charge on any atom is 0.387 e. The first-order chi connectivity index (χ1) is 14.0. The summed E-state index contributed by atoms with van der Waals surface area (Å²) in [5.74, 6) is -1.80. The summed E-state index contributed by atoms with van der Waals surface area (Å²) in [5, 5.41) is 2.62. The van der Waals surface area contributed by atoms with Gasteiger partial charge in [-0.2, -0.15) is 8.78 Å². The number of benzene rings is 2. The molecule has 0 radical (unpaired) electrons. The van der Waals surface area contributed by atoms with E-state index in [9.17, 15) is 18.4 Å². The quantitative estimate of drug-likeness (QED) is 0.713. The van der Waals surface area contributed by atoms with Crippen LogP contribution in [0.25, 0.3) is 0 Å². The summed E-state index contributed by atoms with van der Waals surface area (Å²) < 4.78 is 39.3. The molecule has 9 heteroatoms. The predicted molar refractivity (Wildman–Crippen MR) is 101 cm³/mol. The largest absolute Gasteiger partial charge is 0.452 e. The highest BCUT2D eigenvalue weighted by molar-refractivity contribution is 5.96. The fourth-order valence-electron chi connectivity index (χ4n) is 2.82. The van der Waals surface area contributed by atoms with Crippen molar-refractivity contribution in [1.29, 1.82) is 0 Å². The number of morpholine rings is 1. The first kappa shape index (κ1) is 20.5. The lowest BCUT2D eigenvalue weighted by molar-refractivity contribution is -0.119. The second kappa shape index (κ2) is 9.83. The van der Waals surface area contributed by atoms with Crippen LogP contribution >= 0.6 is 0 Å². The molecule has 154 valence electrons. The van der Waals surface area contributed by atoms with Gasteiger partial charge in [0.1, 0.15) is 11.3 Å². The maximum atomic E-state index is 12.4. The van der Waals surface area contributed by atoms with Crippen LogP contribution in [0, 0.1) is 0 Å². The molecule has 1 heterocycles. The molecule has 3 rings (SSSR count). The summed E-state index contributed by atoms with van der Waals surface area (Å²) in [6.07, 6.45) is 0. The van der Waals surface area contributed by atoms with Crippen molar-refractivity contribution in [2.45, 2.75) is 6.61 Å². The monoisotopic (exact) mass is 406 g/mol. The Hall–Kier alpha value is -3.20. The third-order valence-electron chi connectivity index (χ3n) is 4.18. The molecule has 0 aliphatic carbocycles. The number of alkyl halides is 2. The number of nitrogens with one attached hydrogen (secondary N) is 1. The molecule has 1 N–H and O–H groups in total. The molecule has 0 atom stereocenters. The zero-order valence-corrected chi connectivity index (χ0v) is 15.5. The Morgan fingerprint density at radius 1 is 1.07 bits per heavy atom. The summed E-state index contributed by atoms with van der Waals surface area (Å²) in [5.41, 5.74) is 1.38. The summed E-state index contributed by atoms with van der Waals surface area (Å²) in [4.78, 5) is 26.3. The van der Waals surface area contributed by atoms with Gasteiger partial charge in [0.05, 0.1) is 13.2 Å². The standard InChI is InChI=1S/C20H20F2N2O5/c21-20(22)29-17-4-2-1-3-16(17)19(26)28-13-18(25)23-14-5-7-15(8-6-14)24-9-11-27-12-10-24/h1-8,20H,9-13H2,(H,23,25). The number of carbonyl (C=O) groups excluding carboxylic acids is 2. The van der Waals surface area contributed by atoms with Crippen LogP contribution in [-0.4, -0.2) is 51.4 Å². The van der Waals surface area contributed by atoms with Crippen molar-refractivity contribution in [3.05, 3.63) is 54.1 Å². The van der Waals surface area contributed by atoms with E-state index in [2.05, 4.69) is 15.0 Å². The molecule has 1 aliphatic rings. The number of hydrogen-bond donors (Lipinski definition) is 1. The SMILES string of the molecule is O=C(COC(=O)c1ccccc1OC(F)F)Nc1ccc(N2CCOCC2)cc1. The van der Waals surface area contributed by atoms with Gasteiger partial charge in [-0.1, -0.05) is 12.1 Å². The van der Waals surface area contributed by atoms with Crippen molar-refractivity contribution in [3.8, 4) is 5.75 Å². The average molecular weight is 406 g/mol. The zero-order chi connectivity index (χ0) is 20.6. The number of para-hydroxylation sites is 1. The van der Waals surface area contributed by atoms with Crippen LogP contribution < -0.4 is 15.0 Å². The van der Waals surface area contributed by atoms with Crippen molar-refractivity contribution in [2.24, 2.45) is 0 Å². The Kier molecular flexibility index (Phi) is 6.96. The molecular formula is C20H20F2N2O5. The van der Waals surface area contributed by atoms with Crippen LogP contribution in [0.5, 0.6) is 5.75 Å². The van der Waals surface area contributed by atoms with Gasteiger partial charge in [-0.05, 0) is 36.4 Å². The minimum absolute atomic E-state index is 0.185.